The lowest BCUT2D eigenvalue weighted by atomic mass is 9.76. The predicted octanol–water partition coefficient (Wildman–Crippen LogP) is -0.123. The van der Waals surface area contributed by atoms with E-state index in [2.05, 4.69) is 9.91 Å². The predicted molar refractivity (Wildman–Crippen MR) is 42.7 cm³/mol. The van der Waals surface area contributed by atoms with Gasteiger partial charge in [0, 0.05) is 11.0 Å². The van der Waals surface area contributed by atoms with E-state index in [4.69, 9.17) is 0 Å². The quantitative estimate of drug-likeness (QED) is 0.544. The van der Waals surface area contributed by atoms with Gasteiger partial charge in [0.2, 0.25) is 0 Å². The van der Waals surface area contributed by atoms with Crippen molar-refractivity contribution < 1.29 is 14.2 Å². The molecule has 3 nitrogen and oxygen atoms in total. The zero-order chi connectivity index (χ0) is 8.55. The highest BCUT2D eigenvalue weighted by Crippen LogP contribution is 2.04. The molecule has 1 aliphatic heterocycles. The minimum atomic E-state index is -1.08. The van der Waals surface area contributed by atoms with Crippen LogP contribution in [0.3, 0.4) is 0 Å². The number of oxime groups is 1. The second-order valence-corrected chi connectivity index (χ2v) is 2.47. The molecule has 0 amide bonds. The lowest BCUT2D eigenvalue weighted by molar-refractivity contribution is 0.286. The third-order valence-electron chi connectivity index (χ3n) is 1.67. The van der Waals surface area contributed by atoms with Gasteiger partial charge < -0.3 is 9.78 Å². The molecule has 0 saturated heterocycles. The van der Waals surface area contributed by atoms with Gasteiger partial charge in [-0.1, -0.05) is 6.07 Å². The van der Waals surface area contributed by atoms with E-state index >= 15 is 0 Å². The lowest BCUT2D eigenvalue weighted by Crippen LogP contribution is -2.37. The number of fused-ring (bicyclic) bond motifs is 1. The van der Waals surface area contributed by atoms with E-state index in [0.717, 1.165) is 0 Å². The van der Waals surface area contributed by atoms with Gasteiger partial charge in [-0.25, -0.2) is 4.39 Å². The van der Waals surface area contributed by atoms with Crippen LogP contribution in [0.25, 0.3) is 0 Å². The first kappa shape index (κ1) is 7.30. The number of hydrogen-bond acceptors (Lipinski definition) is 3. The van der Waals surface area contributed by atoms with E-state index in [9.17, 15) is 9.41 Å². The van der Waals surface area contributed by atoms with E-state index in [1.165, 1.54) is 24.4 Å². The zero-order valence-electron chi connectivity index (χ0n) is 6.07. The molecule has 2 rings (SSSR count). The van der Waals surface area contributed by atoms with Gasteiger partial charge in [0.25, 0.3) is 0 Å². The van der Waals surface area contributed by atoms with Crippen molar-refractivity contribution in [3.8, 4) is 0 Å². The van der Waals surface area contributed by atoms with Crippen LogP contribution < -0.4 is 5.46 Å². The molecule has 5 heteroatoms. The molecule has 1 aromatic carbocycles. The van der Waals surface area contributed by atoms with Crippen molar-refractivity contribution in [1.82, 2.24) is 0 Å². The Hall–Kier alpha value is -1.36. The molecule has 1 aromatic rings. The summed E-state index contributed by atoms with van der Waals surface area (Å²) in [5.74, 6) is -0.352. The van der Waals surface area contributed by atoms with Gasteiger partial charge in [-0.05, 0) is 12.1 Å². The van der Waals surface area contributed by atoms with Gasteiger partial charge in [0.1, 0.15) is 5.82 Å². The van der Waals surface area contributed by atoms with Crippen molar-refractivity contribution in [2.75, 3.05) is 0 Å². The van der Waals surface area contributed by atoms with Crippen LogP contribution in [0.5, 0.6) is 0 Å². The normalized spacial score (nSPS) is 14.0. The van der Waals surface area contributed by atoms with E-state index in [-0.39, 0.29) is 5.82 Å². The number of hydrogen-bond donors (Lipinski definition) is 1. The van der Waals surface area contributed by atoms with E-state index in [1.807, 2.05) is 0 Å². The highest BCUT2D eigenvalue weighted by atomic mass is 19.1. The Labute approximate surface area is 68.6 Å². The van der Waals surface area contributed by atoms with Gasteiger partial charge in [0.15, 0.2) is 0 Å². The molecule has 0 bridgehead atoms. The average molecular weight is 165 g/mol. The van der Waals surface area contributed by atoms with Crippen LogP contribution in [0.15, 0.2) is 23.4 Å². The van der Waals surface area contributed by atoms with E-state index in [1.54, 1.807) is 0 Å². The first-order valence-electron chi connectivity index (χ1n) is 3.44. The number of halogens is 1. The lowest BCUT2D eigenvalue weighted by Gasteiger charge is -2.11. The van der Waals surface area contributed by atoms with Crippen LogP contribution in [-0.4, -0.2) is 18.4 Å². The van der Waals surface area contributed by atoms with E-state index in [0.29, 0.717) is 11.0 Å². The molecule has 0 unspecified atom stereocenters. The molecule has 0 fully saturated rings. The monoisotopic (exact) mass is 165 g/mol. The Bertz CT molecular complexity index is 342. The fourth-order valence-corrected chi connectivity index (χ4v) is 1.08. The summed E-state index contributed by atoms with van der Waals surface area (Å²) in [7, 11) is -1.08. The van der Waals surface area contributed by atoms with Gasteiger partial charge in [0.05, 0.1) is 6.21 Å². The maximum atomic E-state index is 12.6. The third-order valence-corrected chi connectivity index (χ3v) is 1.67. The molecule has 1 N–H and O–H groups in total. The molecule has 12 heavy (non-hydrogen) atoms. The van der Waals surface area contributed by atoms with Crippen molar-refractivity contribution in [3.63, 3.8) is 0 Å². The highest BCUT2D eigenvalue weighted by Gasteiger charge is 2.24. The molecular formula is C7H5BFNO2. The number of benzene rings is 1. The van der Waals surface area contributed by atoms with Crippen molar-refractivity contribution in [2.45, 2.75) is 0 Å². The highest BCUT2D eigenvalue weighted by molar-refractivity contribution is 6.61. The summed E-state index contributed by atoms with van der Waals surface area (Å²) in [6, 6.07) is 4.04. The Morgan fingerprint density at radius 1 is 1.50 bits per heavy atom. The second-order valence-electron chi connectivity index (χ2n) is 2.47. The van der Waals surface area contributed by atoms with E-state index < -0.39 is 7.12 Å². The molecule has 0 spiro atoms. The smallest absolute Gasteiger partial charge is 0.427 e. The molecular weight excluding hydrogens is 160 g/mol. The summed E-state index contributed by atoms with van der Waals surface area (Å²) in [4.78, 5) is 0. The number of nitrogens with zero attached hydrogens (tertiary/aromatic N) is 1. The largest absolute Gasteiger partial charge is 0.583 e. The summed E-state index contributed by atoms with van der Waals surface area (Å²) >= 11 is 0. The molecule has 1 aliphatic rings. The summed E-state index contributed by atoms with van der Waals surface area (Å²) in [6.45, 7) is 0. The minimum Gasteiger partial charge on any atom is -0.427 e. The second kappa shape index (κ2) is 2.60. The summed E-state index contributed by atoms with van der Waals surface area (Å²) < 4.78 is 17.2. The van der Waals surface area contributed by atoms with Gasteiger partial charge in [-0.2, -0.15) is 0 Å². The summed E-state index contributed by atoms with van der Waals surface area (Å²) in [5.41, 5.74) is 1.08. The molecule has 60 valence electrons. The summed E-state index contributed by atoms with van der Waals surface area (Å²) in [5, 5.41) is 12.6. The van der Waals surface area contributed by atoms with Crippen LogP contribution in [0.1, 0.15) is 5.56 Å². The zero-order valence-corrected chi connectivity index (χ0v) is 6.07. The van der Waals surface area contributed by atoms with Crippen molar-refractivity contribution in [3.05, 3.63) is 29.6 Å². The Balaban J connectivity index is 2.55. The topological polar surface area (TPSA) is 41.8 Å². The minimum absolute atomic E-state index is 0.352. The molecule has 0 aromatic heterocycles. The Morgan fingerprint density at radius 2 is 2.33 bits per heavy atom. The molecule has 0 atom stereocenters. The van der Waals surface area contributed by atoms with Crippen LogP contribution >= 0.6 is 0 Å². The van der Waals surface area contributed by atoms with Gasteiger partial charge in [-0.3, -0.25) is 0 Å². The van der Waals surface area contributed by atoms with Gasteiger partial charge >= 0.3 is 7.12 Å². The SMILES string of the molecule is OB1ON=Cc2cc(F)ccc21. The van der Waals surface area contributed by atoms with Crippen LogP contribution in [0.4, 0.5) is 4.39 Å². The third kappa shape index (κ3) is 1.08. The Morgan fingerprint density at radius 3 is 3.17 bits per heavy atom. The van der Waals surface area contributed by atoms with Gasteiger partial charge in [-0.15, -0.1) is 5.16 Å². The van der Waals surface area contributed by atoms with Crippen molar-refractivity contribution >= 4 is 18.8 Å². The standard InChI is InChI=1S/C7H5BFNO2/c9-6-1-2-7-5(3-6)4-10-12-8(7)11/h1-4,11H. The maximum absolute atomic E-state index is 12.6. The van der Waals surface area contributed by atoms with Crippen molar-refractivity contribution in [2.24, 2.45) is 5.16 Å². The fraction of sp³-hybridized carbons (Fsp3) is 0. The first-order valence-corrected chi connectivity index (χ1v) is 3.44. The van der Waals surface area contributed by atoms with Crippen LogP contribution in [0.2, 0.25) is 0 Å². The average Bonchev–Trinajstić information content (AvgIpc) is 2.04. The van der Waals surface area contributed by atoms with Crippen molar-refractivity contribution in [1.29, 1.82) is 0 Å². The molecule has 0 saturated carbocycles. The maximum Gasteiger partial charge on any atom is 0.583 e. The van der Waals surface area contributed by atoms with Crippen LogP contribution in [0, 0.1) is 5.82 Å². The number of rotatable bonds is 0. The molecule has 0 radical (unpaired) electrons. The van der Waals surface area contributed by atoms with Crippen LogP contribution in [-0.2, 0) is 4.76 Å². The Kier molecular flexibility index (Phi) is 1.58. The fourth-order valence-electron chi connectivity index (χ4n) is 1.08. The first-order chi connectivity index (χ1) is 5.77. The molecule has 0 aliphatic carbocycles. The molecule has 1 heterocycles. The summed E-state index contributed by atoms with van der Waals surface area (Å²) in [6.07, 6.45) is 1.37.